The first-order chi connectivity index (χ1) is 17.1. The summed E-state index contributed by atoms with van der Waals surface area (Å²) in [7, 11) is 0. The Bertz CT molecular complexity index is 1380. The van der Waals surface area contributed by atoms with Crippen LogP contribution in [0.3, 0.4) is 0 Å². The molecule has 0 unspecified atom stereocenters. The lowest BCUT2D eigenvalue weighted by atomic mass is 9.97. The summed E-state index contributed by atoms with van der Waals surface area (Å²) in [6, 6.07) is 10.6. The molecular weight excluding hydrogens is 458 g/mol. The van der Waals surface area contributed by atoms with Crippen LogP contribution in [0.2, 0.25) is 0 Å². The average Bonchev–Trinajstić information content (AvgIpc) is 3.49. The van der Waals surface area contributed by atoms with Crippen LogP contribution in [-0.4, -0.2) is 62.5 Å². The second-order valence-corrected chi connectivity index (χ2v) is 10.3. The van der Waals surface area contributed by atoms with Gasteiger partial charge in [0.05, 0.1) is 12.0 Å². The number of imidazole rings is 1. The number of hydrogen-bond donors (Lipinski definition) is 0. The molecule has 2 aliphatic rings. The monoisotopic (exact) mass is 487 g/mol. The number of aromatic nitrogens is 4. The summed E-state index contributed by atoms with van der Waals surface area (Å²) in [6.07, 6.45) is 4.48. The molecule has 2 aliphatic heterocycles. The van der Waals surface area contributed by atoms with Gasteiger partial charge in [0.2, 0.25) is 5.91 Å². The van der Waals surface area contributed by atoms with E-state index >= 15 is 0 Å². The van der Waals surface area contributed by atoms with Crippen LogP contribution in [0.5, 0.6) is 0 Å². The lowest BCUT2D eigenvalue weighted by Gasteiger charge is -2.42. The highest BCUT2D eigenvalue weighted by molar-refractivity contribution is 7.13. The highest BCUT2D eigenvalue weighted by Gasteiger charge is 2.30. The molecular formula is C26H29N7OS. The van der Waals surface area contributed by atoms with E-state index in [-0.39, 0.29) is 18.5 Å². The van der Waals surface area contributed by atoms with Crippen LogP contribution in [0.15, 0.2) is 48.2 Å². The largest absolute Gasteiger partial charge is 0.367 e. The smallest absolute Gasteiger partial charge is 0.242 e. The van der Waals surface area contributed by atoms with Gasteiger partial charge in [0.25, 0.3) is 0 Å². The van der Waals surface area contributed by atoms with Gasteiger partial charge >= 0.3 is 0 Å². The molecule has 180 valence electrons. The lowest BCUT2D eigenvalue weighted by molar-refractivity contribution is -0.134. The Morgan fingerprint density at radius 1 is 1.11 bits per heavy atom. The van der Waals surface area contributed by atoms with E-state index in [2.05, 4.69) is 57.2 Å². The standard InChI is InChI=1S/C26H29N7OS/c1-18-16-35-26(29-18)31-10-8-20-5-3-7-23(21(20)14-31)30-11-12-33(19(2)13-30)24(34)15-32-17-28-22-6-4-9-27-25(22)32/h3-7,9,16-17,19H,8,10-15H2,1-2H3/t19-/m1/s1. The summed E-state index contributed by atoms with van der Waals surface area (Å²) >= 11 is 1.72. The number of thiazole rings is 1. The maximum Gasteiger partial charge on any atom is 0.242 e. The van der Waals surface area contributed by atoms with Crippen molar-refractivity contribution >= 4 is 39.2 Å². The van der Waals surface area contributed by atoms with Crippen molar-refractivity contribution in [2.24, 2.45) is 0 Å². The topological polar surface area (TPSA) is 70.4 Å². The second kappa shape index (κ2) is 8.96. The molecule has 0 N–H and O–H groups in total. The maximum atomic E-state index is 13.2. The molecule has 4 aromatic rings. The van der Waals surface area contributed by atoms with Gasteiger partial charge in [-0.1, -0.05) is 12.1 Å². The van der Waals surface area contributed by atoms with Crippen LogP contribution < -0.4 is 9.80 Å². The summed E-state index contributed by atoms with van der Waals surface area (Å²) in [5.41, 5.74) is 6.77. The molecule has 0 radical (unpaired) electrons. The van der Waals surface area contributed by atoms with E-state index in [0.717, 1.165) is 54.6 Å². The molecule has 6 rings (SSSR count). The van der Waals surface area contributed by atoms with Gasteiger partial charge in [0, 0.05) is 56.0 Å². The number of nitrogens with zero attached hydrogens (tertiary/aromatic N) is 7. The number of carbonyl (C=O) groups excluding carboxylic acids is 1. The fourth-order valence-corrected chi connectivity index (χ4v) is 6.14. The van der Waals surface area contributed by atoms with E-state index in [1.54, 1.807) is 23.9 Å². The number of benzene rings is 1. The van der Waals surface area contributed by atoms with Gasteiger partial charge in [-0.15, -0.1) is 11.3 Å². The van der Waals surface area contributed by atoms with Crippen molar-refractivity contribution < 1.29 is 4.79 Å². The van der Waals surface area contributed by atoms with Gasteiger partial charge in [-0.3, -0.25) is 4.79 Å². The van der Waals surface area contributed by atoms with Crippen molar-refractivity contribution in [1.29, 1.82) is 0 Å². The van der Waals surface area contributed by atoms with Gasteiger partial charge in [-0.25, -0.2) is 15.0 Å². The number of aryl methyl sites for hydroxylation is 1. The van der Waals surface area contributed by atoms with E-state index in [1.165, 1.54) is 16.8 Å². The van der Waals surface area contributed by atoms with E-state index < -0.39 is 0 Å². The first-order valence-corrected chi connectivity index (χ1v) is 13.0. The molecule has 1 saturated heterocycles. The zero-order chi connectivity index (χ0) is 23.9. The Morgan fingerprint density at radius 3 is 2.86 bits per heavy atom. The Balaban J connectivity index is 1.17. The minimum Gasteiger partial charge on any atom is -0.367 e. The SMILES string of the molecule is Cc1csc(N2CCc3cccc(N4CCN(C(=O)Cn5cnc6cccnc65)[C@H](C)C4)c3C2)n1. The molecule has 0 spiro atoms. The maximum absolute atomic E-state index is 13.2. The number of amides is 1. The van der Waals surface area contributed by atoms with Crippen LogP contribution in [0.25, 0.3) is 11.2 Å². The van der Waals surface area contributed by atoms with Gasteiger partial charge in [0.15, 0.2) is 10.8 Å². The number of rotatable bonds is 4. The molecule has 0 bridgehead atoms. The van der Waals surface area contributed by atoms with Crippen LogP contribution >= 0.6 is 11.3 Å². The van der Waals surface area contributed by atoms with Crippen LogP contribution in [-0.2, 0) is 24.3 Å². The Morgan fingerprint density at radius 2 is 2.03 bits per heavy atom. The van der Waals surface area contributed by atoms with Gasteiger partial charge in [-0.2, -0.15) is 0 Å². The molecule has 1 fully saturated rings. The van der Waals surface area contributed by atoms with Crippen molar-refractivity contribution in [1.82, 2.24) is 24.4 Å². The average molecular weight is 488 g/mol. The minimum absolute atomic E-state index is 0.113. The van der Waals surface area contributed by atoms with E-state index in [0.29, 0.717) is 6.54 Å². The summed E-state index contributed by atoms with van der Waals surface area (Å²) in [5.74, 6) is 0.113. The second-order valence-electron chi connectivity index (χ2n) is 9.46. The third kappa shape index (κ3) is 4.14. The molecule has 1 amide bonds. The summed E-state index contributed by atoms with van der Waals surface area (Å²) in [4.78, 5) is 33.6. The first kappa shape index (κ1) is 22.0. The van der Waals surface area contributed by atoms with E-state index in [9.17, 15) is 4.79 Å². The van der Waals surface area contributed by atoms with E-state index in [4.69, 9.17) is 4.98 Å². The molecule has 8 nitrogen and oxygen atoms in total. The third-order valence-corrected chi connectivity index (χ3v) is 8.11. The van der Waals surface area contributed by atoms with Crippen LogP contribution in [0.4, 0.5) is 10.8 Å². The number of piperazine rings is 1. The number of hydrogen-bond acceptors (Lipinski definition) is 7. The van der Waals surface area contributed by atoms with Crippen LogP contribution in [0.1, 0.15) is 23.7 Å². The highest BCUT2D eigenvalue weighted by atomic mass is 32.1. The minimum atomic E-state index is 0.113. The summed E-state index contributed by atoms with van der Waals surface area (Å²) in [6.45, 7) is 8.70. The Labute approximate surface area is 208 Å². The summed E-state index contributed by atoms with van der Waals surface area (Å²) < 4.78 is 1.85. The number of fused-ring (bicyclic) bond motifs is 2. The van der Waals surface area contributed by atoms with Crippen LogP contribution in [0, 0.1) is 6.92 Å². The predicted molar refractivity (Wildman–Crippen MR) is 139 cm³/mol. The lowest BCUT2D eigenvalue weighted by Crippen LogP contribution is -2.55. The quantitative estimate of drug-likeness (QED) is 0.439. The van der Waals surface area contributed by atoms with E-state index in [1.807, 2.05) is 21.6 Å². The normalized spacial score (nSPS) is 18.2. The molecule has 1 aromatic carbocycles. The van der Waals surface area contributed by atoms with Gasteiger partial charge in [-0.05, 0) is 49.6 Å². The fourth-order valence-electron chi connectivity index (χ4n) is 5.31. The molecule has 35 heavy (non-hydrogen) atoms. The fraction of sp³-hybridized carbons (Fsp3) is 0.385. The molecule has 9 heteroatoms. The first-order valence-electron chi connectivity index (χ1n) is 12.1. The highest BCUT2D eigenvalue weighted by Crippen LogP contribution is 2.33. The predicted octanol–water partition coefficient (Wildman–Crippen LogP) is 3.50. The summed E-state index contributed by atoms with van der Waals surface area (Å²) in [5, 5.41) is 3.23. The number of carbonyl (C=O) groups is 1. The van der Waals surface area contributed by atoms with Crippen molar-refractivity contribution in [3.05, 3.63) is 65.1 Å². The molecule has 0 aliphatic carbocycles. The van der Waals surface area contributed by atoms with Crippen molar-refractivity contribution in [3.63, 3.8) is 0 Å². The van der Waals surface area contributed by atoms with Gasteiger partial charge in [0.1, 0.15) is 12.1 Å². The third-order valence-electron chi connectivity index (χ3n) is 7.09. The van der Waals surface area contributed by atoms with Crippen molar-refractivity contribution in [3.8, 4) is 0 Å². The molecule has 0 saturated carbocycles. The zero-order valence-corrected chi connectivity index (χ0v) is 20.9. The van der Waals surface area contributed by atoms with Crippen molar-refractivity contribution in [2.45, 2.75) is 39.4 Å². The Hall–Kier alpha value is -3.46. The zero-order valence-electron chi connectivity index (χ0n) is 20.1. The molecule has 3 aromatic heterocycles. The number of anilines is 2. The molecule has 5 heterocycles. The molecule has 1 atom stereocenters. The van der Waals surface area contributed by atoms with Gasteiger partial charge < -0.3 is 19.3 Å². The Kier molecular flexibility index (Phi) is 5.64. The number of pyridine rings is 1. The van der Waals surface area contributed by atoms with Crippen molar-refractivity contribution in [2.75, 3.05) is 36.0 Å².